The third-order valence-electron chi connectivity index (χ3n) is 5.61. The van der Waals surface area contributed by atoms with Gasteiger partial charge in [0.05, 0.1) is 10.6 Å². The first kappa shape index (κ1) is 21.6. The van der Waals surface area contributed by atoms with Crippen LogP contribution in [0.2, 0.25) is 0 Å². The van der Waals surface area contributed by atoms with Crippen LogP contribution in [0.4, 0.5) is 11.4 Å². The van der Waals surface area contributed by atoms with Crippen molar-refractivity contribution in [1.29, 1.82) is 0 Å². The van der Waals surface area contributed by atoms with Crippen LogP contribution < -0.4 is 21.2 Å². The maximum absolute atomic E-state index is 14.4. The molecule has 1 N–H and O–H groups in total. The molecule has 0 radical (unpaired) electrons. The second-order valence-electron chi connectivity index (χ2n) is 7.65. The zero-order chi connectivity index (χ0) is 23.5. The molecule has 0 spiro atoms. The molecule has 5 aromatic rings. The third-order valence-corrected chi connectivity index (χ3v) is 8.69. The molecule has 0 saturated carbocycles. The highest BCUT2D eigenvalue weighted by Crippen LogP contribution is 2.42. The molecular formula is C25H19N4O4P. The van der Waals surface area contributed by atoms with E-state index in [0.29, 0.717) is 17.7 Å². The largest absolute Gasteiger partial charge is 0.379 e. The smallest absolute Gasteiger partial charge is 0.300 e. The first-order chi connectivity index (χ1) is 16.6. The normalized spacial score (nSPS) is 11.4. The van der Waals surface area contributed by atoms with Gasteiger partial charge in [-0.15, -0.1) is 0 Å². The highest BCUT2D eigenvalue weighted by Gasteiger charge is 2.29. The summed E-state index contributed by atoms with van der Waals surface area (Å²) in [5, 5.41) is 24.1. The van der Waals surface area contributed by atoms with Crippen molar-refractivity contribution >= 4 is 45.5 Å². The molecule has 0 bridgehead atoms. The van der Waals surface area contributed by atoms with Gasteiger partial charge in [-0.3, -0.25) is 10.1 Å². The number of nitrogens with zero attached hydrogens (tertiary/aromatic N) is 3. The van der Waals surface area contributed by atoms with Gasteiger partial charge in [-0.1, -0.05) is 84.9 Å². The number of nitro benzene ring substituents is 1. The molecule has 0 fully saturated rings. The summed E-state index contributed by atoms with van der Waals surface area (Å²) in [6, 6.07) is 29.6. The number of benzene rings is 4. The molecule has 1 aromatic heterocycles. The Labute approximate surface area is 194 Å². The predicted molar refractivity (Wildman–Crippen MR) is 132 cm³/mol. The fourth-order valence-electron chi connectivity index (χ4n) is 3.89. The monoisotopic (exact) mass is 470 g/mol. The van der Waals surface area contributed by atoms with E-state index < -0.39 is 12.1 Å². The average Bonchev–Trinajstić information content (AvgIpc) is 3.38. The molecule has 0 amide bonds. The Kier molecular flexibility index (Phi) is 5.65. The van der Waals surface area contributed by atoms with Crippen molar-refractivity contribution in [3.63, 3.8) is 0 Å². The summed E-state index contributed by atoms with van der Waals surface area (Å²) in [7, 11) is -3.03. The molecular weight excluding hydrogens is 451 g/mol. The van der Waals surface area contributed by atoms with Gasteiger partial charge in [0.2, 0.25) is 5.52 Å². The Morgan fingerprint density at radius 2 is 1.32 bits per heavy atom. The SMILES string of the molecule is O=[N+]([O-])c1ccc(NCc2ccc(P(=O)(c3ccccc3)c3ccccc3)cc2)c2nonc12. The topological polar surface area (TPSA) is 111 Å². The van der Waals surface area contributed by atoms with Crippen molar-refractivity contribution < 1.29 is 14.1 Å². The molecule has 8 nitrogen and oxygen atoms in total. The lowest BCUT2D eigenvalue weighted by Crippen LogP contribution is -2.25. The van der Waals surface area contributed by atoms with Gasteiger partial charge in [0.1, 0.15) is 0 Å². The summed E-state index contributed by atoms with van der Waals surface area (Å²) < 4.78 is 19.1. The fourth-order valence-corrected chi connectivity index (χ4v) is 6.53. The van der Waals surface area contributed by atoms with Gasteiger partial charge in [-0.2, -0.15) is 0 Å². The minimum absolute atomic E-state index is 0.0945. The van der Waals surface area contributed by atoms with E-state index in [-0.39, 0.29) is 11.2 Å². The van der Waals surface area contributed by atoms with Gasteiger partial charge in [-0.05, 0) is 21.9 Å². The molecule has 0 atom stereocenters. The summed E-state index contributed by atoms with van der Waals surface area (Å²) >= 11 is 0. The highest BCUT2D eigenvalue weighted by atomic mass is 31.2. The Balaban J connectivity index is 1.43. The highest BCUT2D eigenvalue weighted by molar-refractivity contribution is 7.85. The minimum Gasteiger partial charge on any atom is -0.379 e. The van der Waals surface area contributed by atoms with E-state index >= 15 is 0 Å². The zero-order valence-corrected chi connectivity index (χ0v) is 18.8. The number of nitrogens with one attached hydrogen (secondary N) is 1. The quantitative estimate of drug-likeness (QED) is 0.213. The van der Waals surface area contributed by atoms with E-state index in [2.05, 4.69) is 15.6 Å². The Morgan fingerprint density at radius 1 is 0.765 bits per heavy atom. The van der Waals surface area contributed by atoms with E-state index in [1.54, 1.807) is 6.07 Å². The second kappa shape index (κ2) is 8.92. The van der Waals surface area contributed by atoms with Crippen LogP contribution in [-0.2, 0) is 11.1 Å². The summed E-state index contributed by atoms with van der Waals surface area (Å²) in [4.78, 5) is 10.7. The van der Waals surface area contributed by atoms with E-state index in [4.69, 9.17) is 4.63 Å². The molecule has 9 heteroatoms. The molecule has 0 aliphatic carbocycles. The number of fused-ring (bicyclic) bond motifs is 1. The van der Waals surface area contributed by atoms with Crippen LogP contribution in [0.1, 0.15) is 5.56 Å². The summed E-state index contributed by atoms with van der Waals surface area (Å²) in [6.45, 7) is 0.432. The Morgan fingerprint density at radius 3 is 1.91 bits per heavy atom. The lowest BCUT2D eigenvalue weighted by molar-refractivity contribution is -0.383. The van der Waals surface area contributed by atoms with Crippen LogP contribution in [0.15, 0.2) is 102 Å². The predicted octanol–water partition coefficient (Wildman–Crippen LogP) is 4.38. The molecule has 0 aliphatic rings. The molecule has 0 unspecified atom stereocenters. The average molecular weight is 470 g/mol. The minimum atomic E-state index is -3.03. The maximum atomic E-state index is 14.4. The van der Waals surface area contributed by atoms with Gasteiger partial charge in [-0.25, -0.2) is 4.63 Å². The van der Waals surface area contributed by atoms with E-state index in [9.17, 15) is 14.7 Å². The van der Waals surface area contributed by atoms with Crippen molar-refractivity contribution in [3.8, 4) is 0 Å². The van der Waals surface area contributed by atoms with Gasteiger partial charge < -0.3 is 9.88 Å². The summed E-state index contributed by atoms with van der Waals surface area (Å²) in [5.74, 6) is 0. The first-order valence-electron chi connectivity index (χ1n) is 10.5. The van der Waals surface area contributed by atoms with Crippen molar-refractivity contribution in [1.82, 2.24) is 10.3 Å². The number of rotatable bonds is 7. The second-order valence-corrected chi connectivity index (χ2v) is 10.4. The molecule has 168 valence electrons. The molecule has 4 aromatic carbocycles. The van der Waals surface area contributed by atoms with E-state index in [1.165, 1.54) is 6.07 Å². The van der Waals surface area contributed by atoms with Crippen molar-refractivity contribution in [2.75, 3.05) is 5.32 Å². The lowest BCUT2D eigenvalue weighted by Gasteiger charge is -2.20. The number of non-ortho nitro benzene ring substituents is 1. The molecule has 5 rings (SSSR count). The van der Waals surface area contributed by atoms with Gasteiger partial charge in [0, 0.05) is 28.5 Å². The Hall–Kier alpha value is -4.29. The molecule has 0 aliphatic heterocycles. The van der Waals surface area contributed by atoms with Gasteiger partial charge in [0.25, 0.3) is 0 Å². The first-order valence-corrected chi connectivity index (χ1v) is 12.2. The number of hydrogen-bond acceptors (Lipinski definition) is 7. The summed E-state index contributed by atoms with van der Waals surface area (Å²) in [6.07, 6.45) is 0. The molecule has 34 heavy (non-hydrogen) atoms. The van der Waals surface area contributed by atoms with Crippen LogP contribution in [0.25, 0.3) is 11.0 Å². The zero-order valence-electron chi connectivity index (χ0n) is 17.9. The van der Waals surface area contributed by atoms with E-state index in [1.807, 2.05) is 84.9 Å². The third kappa shape index (κ3) is 3.84. The Bertz CT molecular complexity index is 1460. The van der Waals surface area contributed by atoms with Crippen LogP contribution in [0.3, 0.4) is 0 Å². The summed E-state index contributed by atoms with van der Waals surface area (Å²) in [5.41, 5.74) is 1.74. The molecule has 0 saturated heterocycles. The standard InChI is InChI=1S/C25H19N4O4P/c30-29(31)23-16-15-22(24-25(23)28-33-27-24)26-17-18-11-13-21(14-12-18)34(32,19-7-3-1-4-8-19)20-9-5-2-6-10-20/h1-16,26H,17H2. The van der Waals surface area contributed by atoms with Crippen LogP contribution >= 0.6 is 7.14 Å². The van der Waals surface area contributed by atoms with Crippen molar-refractivity contribution in [3.05, 3.63) is 113 Å². The number of anilines is 1. The maximum Gasteiger partial charge on any atom is 0.300 e. The van der Waals surface area contributed by atoms with Crippen molar-refractivity contribution in [2.45, 2.75) is 6.54 Å². The van der Waals surface area contributed by atoms with E-state index in [0.717, 1.165) is 21.5 Å². The van der Waals surface area contributed by atoms with Crippen LogP contribution in [0, 0.1) is 10.1 Å². The lowest BCUT2D eigenvalue weighted by atomic mass is 10.2. The van der Waals surface area contributed by atoms with Gasteiger partial charge >= 0.3 is 5.69 Å². The van der Waals surface area contributed by atoms with Gasteiger partial charge in [0.15, 0.2) is 12.7 Å². The molecule has 1 heterocycles. The fraction of sp³-hybridized carbons (Fsp3) is 0.0400. The van der Waals surface area contributed by atoms with Crippen LogP contribution in [0.5, 0.6) is 0 Å². The number of hydrogen-bond donors (Lipinski definition) is 1. The van der Waals surface area contributed by atoms with Crippen molar-refractivity contribution in [2.24, 2.45) is 0 Å². The number of nitro groups is 1. The van der Waals surface area contributed by atoms with Crippen LogP contribution in [-0.4, -0.2) is 15.2 Å². The number of aromatic nitrogens is 2.